The van der Waals surface area contributed by atoms with Crippen molar-refractivity contribution < 1.29 is 5.11 Å². The zero-order valence-electron chi connectivity index (χ0n) is 7.46. The second-order valence-corrected chi connectivity index (χ2v) is 4.08. The average molecular weight is 152 g/mol. The van der Waals surface area contributed by atoms with Crippen LogP contribution in [0, 0.1) is 5.41 Å². The van der Waals surface area contributed by atoms with E-state index in [2.05, 4.69) is 26.8 Å². The van der Waals surface area contributed by atoms with Crippen molar-refractivity contribution in [2.45, 2.75) is 33.3 Å². The van der Waals surface area contributed by atoms with Gasteiger partial charge in [0.15, 0.2) is 0 Å². The highest BCUT2D eigenvalue weighted by Gasteiger charge is 2.17. The zero-order chi connectivity index (χ0) is 8.48. The van der Waals surface area contributed by atoms with Crippen molar-refractivity contribution >= 4 is 0 Å². The molecule has 0 bridgehead atoms. The van der Waals surface area contributed by atoms with Gasteiger partial charge in [-0.1, -0.05) is 39.0 Å². The van der Waals surface area contributed by atoms with E-state index < -0.39 is 0 Å². The molecule has 1 nitrogen and oxygen atoms in total. The lowest BCUT2D eigenvalue weighted by Crippen LogP contribution is -2.14. The number of hydrogen-bond donors (Lipinski definition) is 1. The lowest BCUT2D eigenvalue weighted by Gasteiger charge is -2.23. The minimum atomic E-state index is -0.269. The summed E-state index contributed by atoms with van der Waals surface area (Å²) in [6, 6.07) is 0. The first kappa shape index (κ1) is 8.54. The Morgan fingerprint density at radius 2 is 2.09 bits per heavy atom. The Hall–Kier alpha value is -0.560. The number of hydrogen-bond acceptors (Lipinski definition) is 1. The third-order valence-corrected chi connectivity index (χ3v) is 1.91. The minimum absolute atomic E-state index is 0.165. The topological polar surface area (TPSA) is 20.2 Å². The van der Waals surface area contributed by atoms with Crippen molar-refractivity contribution in [1.82, 2.24) is 0 Å². The number of aliphatic hydroxyl groups excluding tert-OH is 1. The fourth-order valence-corrected chi connectivity index (χ4v) is 1.17. The lowest BCUT2D eigenvalue weighted by atomic mass is 9.83. The van der Waals surface area contributed by atoms with E-state index in [1.54, 1.807) is 0 Å². The van der Waals surface area contributed by atoms with Crippen LogP contribution < -0.4 is 0 Å². The second kappa shape index (κ2) is 2.82. The number of rotatable bonds is 0. The highest BCUT2D eigenvalue weighted by atomic mass is 16.3. The van der Waals surface area contributed by atoms with E-state index in [9.17, 15) is 5.11 Å². The van der Waals surface area contributed by atoms with Crippen LogP contribution in [0.3, 0.4) is 0 Å². The molecule has 1 N–H and O–H groups in total. The molecule has 0 radical (unpaired) electrons. The molecule has 0 spiro atoms. The van der Waals surface area contributed by atoms with Crippen LogP contribution in [-0.4, -0.2) is 11.2 Å². The quantitative estimate of drug-likeness (QED) is 0.564. The second-order valence-electron chi connectivity index (χ2n) is 4.08. The molecule has 0 fully saturated rings. The van der Waals surface area contributed by atoms with E-state index in [4.69, 9.17) is 0 Å². The van der Waals surface area contributed by atoms with Crippen LogP contribution in [0.2, 0.25) is 0 Å². The van der Waals surface area contributed by atoms with E-state index in [-0.39, 0.29) is 11.5 Å². The Balaban J connectivity index is 2.80. The monoisotopic (exact) mass is 152 g/mol. The van der Waals surface area contributed by atoms with Crippen LogP contribution in [0.1, 0.15) is 27.2 Å². The van der Waals surface area contributed by atoms with Crippen molar-refractivity contribution in [3.05, 3.63) is 23.8 Å². The highest BCUT2D eigenvalue weighted by molar-refractivity contribution is 5.29. The van der Waals surface area contributed by atoms with Crippen LogP contribution in [-0.2, 0) is 0 Å². The number of allylic oxidation sites excluding steroid dienone is 2. The summed E-state index contributed by atoms with van der Waals surface area (Å²) in [6.07, 6.45) is 6.58. The van der Waals surface area contributed by atoms with Crippen molar-refractivity contribution in [3.63, 3.8) is 0 Å². The average Bonchev–Trinajstić information content (AvgIpc) is 1.86. The van der Waals surface area contributed by atoms with Gasteiger partial charge in [-0.3, -0.25) is 0 Å². The Bertz CT molecular complexity index is 193. The summed E-state index contributed by atoms with van der Waals surface area (Å²) in [5.41, 5.74) is 1.40. The van der Waals surface area contributed by atoms with Gasteiger partial charge in [-0.15, -0.1) is 0 Å². The van der Waals surface area contributed by atoms with Crippen molar-refractivity contribution in [1.29, 1.82) is 0 Å². The first-order chi connectivity index (χ1) is 5.00. The summed E-state index contributed by atoms with van der Waals surface area (Å²) in [4.78, 5) is 0. The van der Waals surface area contributed by atoms with E-state index in [1.165, 1.54) is 5.57 Å². The van der Waals surface area contributed by atoms with Crippen LogP contribution in [0.4, 0.5) is 0 Å². The van der Waals surface area contributed by atoms with E-state index >= 15 is 0 Å². The standard InChI is InChI=1S/C10H16O/c1-10(2,3)8-5-4-6-9(11)7-8/h4-5,7,9,11H,6H2,1-3H3. The van der Waals surface area contributed by atoms with Gasteiger partial charge in [0.2, 0.25) is 0 Å². The van der Waals surface area contributed by atoms with E-state index in [0.29, 0.717) is 0 Å². The first-order valence-electron chi connectivity index (χ1n) is 4.07. The molecule has 1 unspecified atom stereocenters. The highest BCUT2D eigenvalue weighted by Crippen LogP contribution is 2.28. The molecule has 1 atom stereocenters. The van der Waals surface area contributed by atoms with Crippen molar-refractivity contribution in [3.8, 4) is 0 Å². The van der Waals surface area contributed by atoms with Gasteiger partial charge in [-0.2, -0.15) is 0 Å². The van der Waals surface area contributed by atoms with Gasteiger partial charge < -0.3 is 5.11 Å². The molecule has 0 aromatic heterocycles. The zero-order valence-corrected chi connectivity index (χ0v) is 7.46. The van der Waals surface area contributed by atoms with Crippen LogP contribution in [0.25, 0.3) is 0 Å². The molecular formula is C10H16O. The Labute approximate surface area is 68.4 Å². The molecule has 1 aliphatic rings. The Morgan fingerprint density at radius 3 is 2.45 bits per heavy atom. The van der Waals surface area contributed by atoms with Crippen LogP contribution >= 0.6 is 0 Å². The SMILES string of the molecule is CC(C)(C)C1=CC(O)CC=C1. The van der Waals surface area contributed by atoms with Gasteiger partial charge in [0.05, 0.1) is 6.10 Å². The molecule has 0 aromatic carbocycles. The van der Waals surface area contributed by atoms with E-state index in [0.717, 1.165) is 6.42 Å². The number of aliphatic hydroxyl groups is 1. The summed E-state index contributed by atoms with van der Waals surface area (Å²) < 4.78 is 0. The summed E-state index contributed by atoms with van der Waals surface area (Å²) in [5, 5.41) is 9.32. The lowest BCUT2D eigenvalue weighted by molar-refractivity contribution is 0.222. The largest absolute Gasteiger partial charge is 0.389 e. The fourth-order valence-electron chi connectivity index (χ4n) is 1.17. The Kier molecular flexibility index (Phi) is 2.19. The van der Waals surface area contributed by atoms with Crippen LogP contribution in [0.5, 0.6) is 0 Å². The Morgan fingerprint density at radius 1 is 1.45 bits per heavy atom. The molecule has 11 heavy (non-hydrogen) atoms. The van der Waals surface area contributed by atoms with Gasteiger partial charge in [0, 0.05) is 0 Å². The summed E-state index contributed by atoms with van der Waals surface area (Å²) in [6.45, 7) is 6.46. The van der Waals surface area contributed by atoms with Gasteiger partial charge >= 0.3 is 0 Å². The van der Waals surface area contributed by atoms with Gasteiger partial charge in [0.25, 0.3) is 0 Å². The molecule has 1 heteroatoms. The van der Waals surface area contributed by atoms with Gasteiger partial charge in [-0.05, 0) is 17.4 Å². The van der Waals surface area contributed by atoms with Crippen molar-refractivity contribution in [2.24, 2.45) is 5.41 Å². The molecule has 1 rings (SSSR count). The molecule has 0 aromatic rings. The summed E-state index contributed by atoms with van der Waals surface area (Å²) in [5.74, 6) is 0. The van der Waals surface area contributed by atoms with Crippen LogP contribution in [0.15, 0.2) is 23.8 Å². The predicted octanol–water partition coefficient (Wildman–Crippen LogP) is 2.28. The summed E-state index contributed by atoms with van der Waals surface area (Å²) >= 11 is 0. The predicted molar refractivity (Wildman–Crippen MR) is 47.3 cm³/mol. The molecule has 0 heterocycles. The smallest absolute Gasteiger partial charge is 0.0761 e. The maximum absolute atomic E-state index is 9.32. The van der Waals surface area contributed by atoms with E-state index in [1.807, 2.05) is 12.2 Å². The third kappa shape index (κ3) is 2.19. The molecule has 0 saturated carbocycles. The fraction of sp³-hybridized carbons (Fsp3) is 0.600. The maximum atomic E-state index is 9.32. The molecular weight excluding hydrogens is 136 g/mol. The molecule has 0 aliphatic heterocycles. The van der Waals surface area contributed by atoms with Crippen molar-refractivity contribution in [2.75, 3.05) is 0 Å². The normalized spacial score (nSPS) is 25.1. The first-order valence-corrected chi connectivity index (χ1v) is 4.07. The van der Waals surface area contributed by atoms with Gasteiger partial charge in [0.1, 0.15) is 0 Å². The molecule has 0 amide bonds. The third-order valence-electron chi connectivity index (χ3n) is 1.91. The van der Waals surface area contributed by atoms with Gasteiger partial charge in [-0.25, -0.2) is 0 Å². The summed E-state index contributed by atoms with van der Waals surface area (Å²) in [7, 11) is 0. The molecule has 62 valence electrons. The molecule has 0 saturated heterocycles. The maximum Gasteiger partial charge on any atom is 0.0761 e. The minimum Gasteiger partial charge on any atom is -0.389 e. The molecule has 1 aliphatic carbocycles.